The maximum absolute atomic E-state index is 13.7. The van der Waals surface area contributed by atoms with Crippen LogP contribution in [0, 0.1) is 5.92 Å². The standard InChI is InChI=1S/C38H55N9O11/c1-5-21(2)33-36(57)41-19-31(53)43-27(17-28(39)50)34(55)44-25(37(58)47(4)20-32(54)46-38(22(3)48)14-6-7-15-38)12-13-29(51)40-18-30(52)42-26(35(56)45-33)16-23-8-10-24(49)11-9-23/h8-11,21,25-27,33,49H,5-7,12-20H2,1-4H3,(H2,39,50)(H,40,51)(H,41,57)(H,42,52)(H,43,53)(H,44,55)(H,45,56)(H,46,54)/t21?,25?,26-,27-,33?/m0/s1. The molecule has 20 nitrogen and oxygen atoms in total. The predicted molar refractivity (Wildman–Crippen MR) is 206 cm³/mol. The quantitative estimate of drug-likeness (QED) is 0.111. The van der Waals surface area contributed by atoms with E-state index in [1.165, 1.54) is 38.2 Å². The molecule has 1 aliphatic carbocycles. The number of carbonyl (C=O) groups excluding carboxylic acids is 10. The summed E-state index contributed by atoms with van der Waals surface area (Å²) in [4.78, 5) is 132. The fourth-order valence-corrected chi connectivity index (χ4v) is 6.69. The lowest BCUT2D eigenvalue weighted by atomic mass is 9.93. The van der Waals surface area contributed by atoms with Crippen LogP contribution >= 0.6 is 0 Å². The summed E-state index contributed by atoms with van der Waals surface area (Å²) in [6.45, 7) is 2.98. The second-order valence-electron chi connectivity index (χ2n) is 14.8. The van der Waals surface area contributed by atoms with Gasteiger partial charge in [0.15, 0.2) is 5.78 Å². The summed E-state index contributed by atoms with van der Waals surface area (Å²) in [5.74, 6) is -8.23. The molecule has 1 heterocycles. The zero-order valence-electron chi connectivity index (χ0n) is 33.2. The molecule has 1 aliphatic heterocycles. The number of likely N-dealkylation sites (N-methyl/N-ethyl adjacent to an activating group) is 1. The summed E-state index contributed by atoms with van der Waals surface area (Å²) in [7, 11) is 1.27. The summed E-state index contributed by atoms with van der Waals surface area (Å²) < 4.78 is 0. The van der Waals surface area contributed by atoms with E-state index in [1.54, 1.807) is 13.8 Å². The number of hydrogen-bond donors (Lipinski definition) is 9. The molecular weight excluding hydrogens is 758 g/mol. The van der Waals surface area contributed by atoms with E-state index in [2.05, 4.69) is 37.2 Å². The van der Waals surface area contributed by atoms with Crippen LogP contribution in [0.2, 0.25) is 0 Å². The normalized spacial score (nSPS) is 23.0. The molecule has 20 heteroatoms. The Kier molecular flexibility index (Phi) is 17.1. The van der Waals surface area contributed by atoms with E-state index in [4.69, 9.17) is 5.73 Å². The number of benzene rings is 1. The van der Waals surface area contributed by atoms with Gasteiger partial charge in [-0.2, -0.15) is 0 Å². The lowest BCUT2D eigenvalue weighted by Gasteiger charge is -2.30. The fraction of sp³-hybridized carbons (Fsp3) is 0.579. The number of phenols is 1. The van der Waals surface area contributed by atoms with Gasteiger partial charge in [-0.05, 0) is 49.8 Å². The summed E-state index contributed by atoms with van der Waals surface area (Å²) in [5, 5.41) is 27.2. The number of nitrogens with two attached hydrogens (primary N) is 1. The first-order chi connectivity index (χ1) is 27.3. The summed E-state index contributed by atoms with van der Waals surface area (Å²) >= 11 is 0. The molecule has 58 heavy (non-hydrogen) atoms. The van der Waals surface area contributed by atoms with E-state index in [0.717, 1.165) is 17.7 Å². The van der Waals surface area contributed by atoms with Gasteiger partial charge < -0.3 is 53.0 Å². The lowest BCUT2D eigenvalue weighted by molar-refractivity contribution is -0.140. The monoisotopic (exact) mass is 813 g/mol. The van der Waals surface area contributed by atoms with Crippen molar-refractivity contribution in [3.8, 4) is 5.75 Å². The van der Waals surface area contributed by atoms with E-state index in [0.29, 0.717) is 24.8 Å². The molecule has 1 saturated carbocycles. The van der Waals surface area contributed by atoms with Crippen molar-refractivity contribution in [3.05, 3.63) is 29.8 Å². The maximum Gasteiger partial charge on any atom is 0.245 e. The average molecular weight is 814 g/mol. The van der Waals surface area contributed by atoms with Crippen LogP contribution in [-0.2, 0) is 54.4 Å². The largest absolute Gasteiger partial charge is 0.508 e. The van der Waals surface area contributed by atoms with Crippen molar-refractivity contribution >= 4 is 58.9 Å². The molecule has 1 aromatic carbocycles. The van der Waals surface area contributed by atoms with E-state index in [-0.39, 0.29) is 24.4 Å². The average Bonchev–Trinajstić information content (AvgIpc) is 3.65. The van der Waals surface area contributed by atoms with Gasteiger partial charge in [0.2, 0.25) is 53.2 Å². The number of amides is 9. The molecule has 318 valence electrons. The molecule has 1 aromatic rings. The minimum absolute atomic E-state index is 0.0304. The van der Waals surface area contributed by atoms with Crippen LogP contribution in [0.4, 0.5) is 0 Å². The zero-order valence-corrected chi connectivity index (χ0v) is 33.2. The molecule has 3 rings (SSSR count). The predicted octanol–water partition coefficient (Wildman–Crippen LogP) is -2.70. The molecule has 5 atom stereocenters. The smallest absolute Gasteiger partial charge is 0.245 e. The van der Waals surface area contributed by atoms with Gasteiger partial charge in [-0.3, -0.25) is 47.9 Å². The molecular formula is C38H55N9O11. The number of ketones is 1. The first kappa shape index (κ1) is 46.3. The number of nitrogens with one attached hydrogen (secondary N) is 7. The molecule has 0 aromatic heterocycles. The maximum atomic E-state index is 13.7. The van der Waals surface area contributed by atoms with Crippen molar-refractivity contribution in [2.75, 3.05) is 26.7 Å². The third-order valence-corrected chi connectivity index (χ3v) is 10.3. The minimum atomic E-state index is -1.64. The number of carbonyl (C=O) groups is 10. The van der Waals surface area contributed by atoms with Crippen LogP contribution in [0.15, 0.2) is 24.3 Å². The third kappa shape index (κ3) is 13.8. The van der Waals surface area contributed by atoms with Gasteiger partial charge >= 0.3 is 0 Å². The van der Waals surface area contributed by atoms with Crippen LogP contribution in [0.3, 0.4) is 0 Å². The molecule has 2 aliphatic rings. The highest BCUT2D eigenvalue weighted by atomic mass is 16.3. The Morgan fingerprint density at radius 2 is 1.45 bits per heavy atom. The molecule has 1 saturated heterocycles. The topological polar surface area (TPSA) is 304 Å². The third-order valence-electron chi connectivity index (χ3n) is 10.3. The number of phenolic OH excluding ortho intramolecular Hbond substituents is 1. The van der Waals surface area contributed by atoms with Gasteiger partial charge in [0, 0.05) is 19.9 Å². The Morgan fingerprint density at radius 1 is 0.862 bits per heavy atom. The SMILES string of the molecule is CCC(C)C1NC(=O)[C@H](Cc2ccc(O)cc2)NC(=O)CNC(=O)CCC(C(=O)N(C)CC(=O)NC2(C(C)=O)CCCC2)NC(=O)[C@H](CC(N)=O)NC(=O)CNC1=O. The molecule has 9 amide bonds. The second-order valence-corrected chi connectivity index (χ2v) is 14.8. The van der Waals surface area contributed by atoms with Crippen molar-refractivity contribution < 1.29 is 53.1 Å². The van der Waals surface area contributed by atoms with Gasteiger partial charge in [0.1, 0.15) is 29.9 Å². The zero-order chi connectivity index (χ0) is 43.2. The Bertz CT molecular complexity index is 1730. The summed E-state index contributed by atoms with van der Waals surface area (Å²) in [5.41, 5.74) is 4.85. The molecule has 10 N–H and O–H groups in total. The highest BCUT2D eigenvalue weighted by Crippen LogP contribution is 2.30. The number of nitrogens with zero attached hydrogens (tertiary/aromatic N) is 1. The van der Waals surface area contributed by atoms with Gasteiger partial charge in [0.05, 0.1) is 31.6 Å². The van der Waals surface area contributed by atoms with Gasteiger partial charge in [-0.1, -0.05) is 45.2 Å². The highest BCUT2D eigenvalue weighted by molar-refractivity contribution is 5.98. The van der Waals surface area contributed by atoms with Crippen LogP contribution in [0.1, 0.15) is 77.7 Å². The van der Waals surface area contributed by atoms with Crippen LogP contribution in [0.5, 0.6) is 5.75 Å². The van der Waals surface area contributed by atoms with E-state index >= 15 is 0 Å². The number of aromatic hydroxyl groups is 1. The highest BCUT2D eigenvalue weighted by Gasteiger charge is 2.40. The van der Waals surface area contributed by atoms with Crippen LogP contribution in [-0.4, -0.2) is 125 Å². The molecule has 3 unspecified atom stereocenters. The Balaban J connectivity index is 1.90. The van der Waals surface area contributed by atoms with E-state index in [1.807, 2.05) is 0 Å². The van der Waals surface area contributed by atoms with Gasteiger partial charge in [-0.15, -0.1) is 0 Å². The molecule has 0 spiro atoms. The van der Waals surface area contributed by atoms with Crippen molar-refractivity contribution in [2.45, 2.75) is 108 Å². The number of hydrogen-bond acceptors (Lipinski definition) is 11. The Hall–Kier alpha value is -6.08. The number of primary amides is 1. The first-order valence-corrected chi connectivity index (χ1v) is 19.2. The first-order valence-electron chi connectivity index (χ1n) is 19.2. The summed E-state index contributed by atoms with van der Waals surface area (Å²) in [6.07, 6.45) is 1.15. The van der Waals surface area contributed by atoms with Crippen molar-refractivity contribution in [2.24, 2.45) is 11.7 Å². The fourth-order valence-electron chi connectivity index (χ4n) is 6.69. The molecule has 2 fully saturated rings. The Morgan fingerprint density at radius 3 is 2.03 bits per heavy atom. The van der Waals surface area contributed by atoms with Crippen LogP contribution in [0.25, 0.3) is 0 Å². The van der Waals surface area contributed by atoms with Crippen LogP contribution < -0.4 is 43.0 Å². The van der Waals surface area contributed by atoms with E-state index < -0.39 is 121 Å². The second kappa shape index (κ2) is 21.4. The van der Waals surface area contributed by atoms with Gasteiger partial charge in [-0.25, -0.2) is 0 Å². The molecule has 0 radical (unpaired) electrons. The van der Waals surface area contributed by atoms with Crippen molar-refractivity contribution in [1.29, 1.82) is 0 Å². The number of Topliss-reactive ketones (excluding diaryl/α,β-unsaturated/α-hetero) is 1. The van der Waals surface area contributed by atoms with Crippen molar-refractivity contribution in [1.82, 2.24) is 42.1 Å². The van der Waals surface area contributed by atoms with Gasteiger partial charge in [0.25, 0.3) is 0 Å². The minimum Gasteiger partial charge on any atom is -0.508 e. The summed E-state index contributed by atoms with van der Waals surface area (Å²) in [6, 6.07) is 0.246. The van der Waals surface area contributed by atoms with Crippen molar-refractivity contribution in [3.63, 3.8) is 0 Å². The Labute approximate surface area is 335 Å². The number of rotatable bonds is 11. The van der Waals surface area contributed by atoms with E-state index in [9.17, 15) is 53.1 Å². The molecule has 0 bridgehead atoms. The lowest BCUT2D eigenvalue weighted by Crippen LogP contribution is -2.59.